The fraction of sp³-hybridized carbons (Fsp3) is 0.467. The number of likely N-dealkylation sites (N-methyl/N-ethyl adjacent to an activating group) is 1. The summed E-state index contributed by atoms with van der Waals surface area (Å²) in [5, 5.41) is 15.1. The number of allylic oxidation sites excluding steroid dienone is 1. The van der Waals surface area contributed by atoms with Gasteiger partial charge in [0.25, 0.3) is 5.91 Å². The van der Waals surface area contributed by atoms with Crippen LogP contribution in [0.2, 0.25) is 0 Å². The minimum Gasteiger partial charge on any atom is -0.510 e. The van der Waals surface area contributed by atoms with Crippen LogP contribution < -0.4 is 5.32 Å². The van der Waals surface area contributed by atoms with Crippen LogP contribution in [0.25, 0.3) is 16.5 Å². The van der Waals surface area contributed by atoms with Crippen LogP contribution in [0.5, 0.6) is 0 Å². The molecule has 0 spiro atoms. The van der Waals surface area contributed by atoms with Crippen LogP contribution in [0.15, 0.2) is 52.8 Å². The first kappa shape index (κ1) is 24.2. The van der Waals surface area contributed by atoms with E-state index in [1.165, 1.54) is 17.3 Å². The maximum absolute atomic E-state index is 13.2. The van der Waals surface area contributed by atoms with E-state index in [2.05, 4.69) is 71.6 Å². The predicted octanol–water partition coefficient (Wildman–Crippen LogP) is 4.11. The minimum atomic E-state index is -0.380. The molecule has 2 N–H and O–H groups in total. The maximum Gasteiger partial charge on any atom is 0.252 e. The first-order valence-corrected chi connectivity index (χ1v) is 13.5. The number of para-hydroxylation sites is 1. The molecule has 2 aliphatic heterocycles. The van der Waals surface area contributed by atoms with Gasteiger partial charge in [-0.3, -0.25) is 19.4 Å². The average Bonchev–Trinajstić information content (AvgIpc) is 3.46. The lowest BCUT2D eigenvalue weighted by molar-refractivity contribution is -0.116. The van der Waals surface area contributed by atoms with E-state index in [0.29, 0.717) is 24.2 Å². The molecule has 0 radical (unpaired) electrons. The van der Waals surface area contributed by atoms with Gasteiger partial charge in [0.2, 0.25) is 0 Å². The van der Waals surface area contributed by atoms with E-state index in [1.54, 1.807) is 0 Å². The number of carbonyl (C=O) groups excluding carboxylic acids is 2. The van der Waals surface area contributed by atoms with Gasteiger partial charge in [-0.05, 0) is 63.9 Å². The Morgan fingerprint density at radius 3 is 2.57 bits per heavy atom. The summed E-state index contributed by atoms with van der Waals surface area (Å²) in [5.74, 6) is -0.116. The normalized spacial score (nSPS) is 23.3. The lowest BCUT2D eigenvalue weighted by atomic mass is 9.80. The number of aromatic nitrogens is 1. The summed E-state index contributed by atoms with van der Waals surface area (Å²) in [4.78, 5) is 30.4. The summed E-state index contributed by atoms with van der Waals surface area (Å²) in [6, 6.07) is 8.86. The van der Waals surface area contributed by atoms with Crippen LogP contribution in [-0.2, 0) is 16.1 Å². The van der Waals surface area contributed by atoms with Gasteiger partial charge in [0, 0.05) is 66.4 Å². The van der Waals surface area contributed by atoms with E-state index in [9.17, 15) is 14.7 Å². The lowest BCUT2D eigenvalue weighted by Gasteiger charge is -2.33. The number of aliphatic hydroxyl groups is 1. The van der Waals surface area contributed by atoms with Gasteiger partial charge in [-0.25, -0.2) is 0 Å². The van der Waals surface area contributed by atoms with Crippen LogP contribution in [0.3, 0.4) is 0 Å². The van der Waals surface area contributed by atoms with Gasteiger partial charge in [-0.2, -0.15) is 0 Å². The molecule has 6 rings (SSSR count). The minimum absolute atomic E-state index is 0.0740. The highest BCUT2D eigenvalue weighted by Crippen LogP contribution is 2.56. The Morgan fingerprint density at radius 1 is 1.11 bits per heavy atom. The SMILES string of the molecule is CC(C)N(CCCn1c2c(c3ccccc31)C1=C(C(=O)NC1)C1=C3CC(=O)C=C(O)C3N(C)C12)C(C)C. The van der Waals surface area contributed by atoms with Gasteiger partial charge >= 0.3 is 0 Å². The number of aryl methyl sites for hydroxylation is 1. The molecule has 194 valence electrons. The summed E-state index contributed by atoms with van der Waals surface area (Å²) >= 11 is 0. The maximum atomic E-state index is 13.2. The topological polar surface area (TPSA) is 77.8 Å². The Bertz CT molecular complexity index is 1420. The molecule has 2 aliphatic carbocycles. The first-order valence-electron chi connectivity index (χ1n) is 13.5. The predicted molar refractivity (Wildman–Crippen MR) is 145 cm³/mol. The van der Waals surface area contributed by atoms with Crippen molar-refractivity contribution in [1.29, 1.82) is 0 Å². The van der Waals surface area contributed by atoms with Gasteiger partial charge in [-0.1, -0.05) is 18.2 Å². The van der Waals surface area contributed by atoms with E-state index >= 15 is 0 Å². The van der Waals surface area contributed by atoms with Crippen molar-refractivity contribution in [2.45, 2.75) is 71.2 Å². The second-order valence-electron chi connectivity index (χ2n) is 11.4. The van der Waals surface area contributed by atoms with Gasteiger partial charge in [-0.15, -0.1) is 0 Å². The first-order chi connectivity index (χ1) is 17.7. The van der Waals surface area contributed by atoms with Crippen molar-refractivity contribution in [3.05, 3.63) is 64.1 Å². The van der Waals surface area contributed by atoms with Crippen LogP contribution in [0.1, 0.15) is 57.8 Å². The average molecular weight is 501 g/mol. The van der Waals surface area contributed by atoms with Crippen molar-refractivity contribution >= 4 is 28.2 Å². The highest BCUT2D eigenvalue weighted by Gasteiger charge is 2.51. The van der Waals surface area contributed by atoms with Crippen LogP contribution in [-0.4, -0.2) is 69.4 Å². The molecular weight excluding hydrogens is 464 g/mol. The quantitative estimate of drug-likeness (QED) is 0.624. The molecule has 0 bridgehead atoms. The fourth-order valence-corrected chi connectivity index (χ4v) is 7.28. The van der Waals surface area contributed by atoms with Gasteiger partial charge < -0.3 is 15.0 Å². The number of nitrogens with one attached hydrogen (secondary N) is 1. The molecule has 0 saturated heterocycles. The van der Waals surface area contributed by atoms with Gasteiger partial charge in [0.15, 0.2) is 5.78 Å². The number of ketones is 1. The molecule has 2 aromatic rings. The van der Waals surface area contributed by atoms with E-state index in [0.717, 1.165) is 47.2 Å². The number of benzene rings is 1. The Kier molecular flexibility index (Phi) is 5.69. The van der Waals surface area contributed by atoms with Crippen molar-refractivity contribution in [3.63, 3.8) is 0 Å². The summed E-state index contributed by atoms with van der Waals surface area (Å²) in [5.41, 5.74) is 7.02. The van der Waals surface area contributed by atoms with Crippen LogP contribution in [0.4, 0.5) is 0 Å². The molecular formula is C30H36N4O3. The van der Waals surface area contributed by atoms with Crippen molar-refractivity contribution in [2.24, 2.45) is 0 Å². The van der Waals surface area contributed by atoms with E-state index < -0.39 is 0 Å². The van der Waals surface area contributed by atoms with E-state index in [1.807, 2.05) is 7.05 Å². The number of amides is 1. The Morgan fingerprint density at radius 2 is 1.84 bits per heavy atom. The molecule has 1 aromatic carbocycles. The third-order valence-corrected chi connectivity index (χ3v) is 8.64. The molecule has 3 heterocycles. The highest BCUT2D eigenvalue weighted by molar-refractivity contribution is 6.15. The van der Waals surface area contributed by atoms with Gasteiger partial charge in [0.1, 0.15) is 5.76 Å². The lowest BCUT2D eigenvalue weighted by Crippen LogP contribution is -2.38. The molecule has 7 heteroatoms. The Labute approximate surface area is 218 Å². The number of hydrogen-bond acceptors (Lipinski definition) is 5. The fourth-order valence-electron chi connectivity index (χ4n) is 7.28. The summed E-state index contributed by atoms with van der Waals surface area (Å²) in [6.07, 6.45) is 2.59. The number of rotatable bonds is 6. The molecule has 7 nitrogen and oxygen atoms in total. The van der Waals surface area contributed by atoms with Crippen molar-refractivity contribution in [1.82, 2.24) is 19.7 Å². The molecule has 0 saturated carbocycles. The smallest absolute Gasteiger partial charge is 0.252 e. The van der Waals surface area contributed by atoms with Crippen molar-refractivity contribution in [2.75, 3.05) is 20.1 Å². The summed E-state index contributed by atoms with van der Waals surface area (Å²) in [7, 11) is 2.01. The number of nitrogens with zero attached hydrogens (tertiary/aromatic N) is 3. The molecule has 2 unspecified atom stereocenters. The molecule has 1 aromatic heterocycles. The zero-order valence-electron chi connectivity index (χ0n) is 22.3. The molecule has 37 heavy (non-hydrogen) atoms. The standard InChI is InChI=1S/C30H36N4O3/c1-16(2)33(17(3)4)11-8-12-34-22-10-7-6-9-19(22)24-21-15-31-30(37)26(21)25-20-13-18(35)14-23(36)27(20)32(5)28(25)29(24)34/h6-7,9-10,14,16-17,27-28,36H,8,11-13,15H2,1-5H3,(H,31,37). The summed E-state index contributed by atoms with van der Waals surface area (Å²) in [6.45, 7) is 11.3. The van der Waals surface area contributed by atoms with Crippen LogP contribution >= 0.6 is 0 Å². The monoisotopic (exact) mass is 500 g/mol. The molecule has 0 fully saturated rings. The summed E-state index contributed by atoms with van der Waals surface area (Å²) < 4.78 is 2.44. The number of carbonyl (C=O) groups is 2. The van der Waals surface area contributed by atoms with Gasteiger partial charge in [0.05, 0.1) is 17.7 Å². The number of aliphatic hydroxyl groups excluding tert-OH is 1. The second-order valence-corrected chi connectivity index (χ2v) is 11.4. The number of hydrogen-bond donors (Lipinski definition) is 2. The van der Waals surface area contributed by atoms with E-state index in [4.69, 9.17) is 0 Å². The Hall–Kier alpha value is -3.16. The number of fused-ring (bicyclic) bond motifs is 8. The van der Waals surface area contributed by atoms with Crippen LogP contribution in [0, 0.1) is 0 Å². The Balaban J connectivity index is 1.54. The molecule has 1 amide bonds. The molecule has 2 atom stereocenters. The molecule has 4 aliphatic rings. The third kappa shape index (κ3) is 3.47. The van der Waals surface area contributed by atoms with Crippen molar-refractivity contribution < 1.29 is 14.7 Å². The van der Waals surface area contributed by atoms with Crippen molar-refractivity contribution in [3.8, 4) is 0 Å². The third-order valence-electron chi connectivity index (χ3n) is 8.64. The highest BCUT2D eigenvalue weighted by atomic mass is 16.3. The zero-order valence-corrected chi connectivity index (χ0v) is 22.3. The van der Waals surface area contributed by atoms with E-state index in [-0.39, 0.29) is 36.0 Å². The zero-order chi connectivity index (χ0) is 26.2. The second kappa shape index (κ2) is 8.71. The largest absolute Gasteiger partial charge is 0.510 e.